The van der Waals surface area contributed by atoms with E-state index in [0.717, 1.165) is 24.2 Å². The SMILES string of the molecule is COc1ccc(CCN2CC(C(=O)NC(c3nc(C4CC4)no3)C(C)C)CC2=O)cc1OC. The Balaban J connectivity index is 1.34. The minimum Gasteiger partial charge on any atom is -0.493 e. The number of benzene rings is 1. The van der Waals surface area contributed by atoms with E-state index in [1.54, 1.807) is 19.1 Å². The van der Waals surface area contributed by atoms with Crippen molar-refractivity contribution in [3.8, 4) is 11.5 Å². The molecule has 2 aliphatic rings. The van der Waals surface area contributed by atoms with Gasteiger partial charge in [0.2, 0.25) is 17.7 Å². The molecule has 33 heavy (non-hydrogen) atoms. The van der Waals surface area contributed by atoms with Crippen LogP contribution in [0.2, 0.25) is 0 Å². The number of methoxy groups -OCH3 is 2. The summed E-state index contributed by atoms with van der Waals surface area (Å²) in [5.41, 5.74) is 1.04. The fourth-order valence-corrected chi connectivity index (χ4v) is 4.13. The van der Waals surface area contributed by atoms with Crippen molar-refractivity contribution in [1.29, 1.82) is 0 Å². The smallest absolute Gasteiger partial charge is 0.249 e. The molecular formula is C24H32N4O5. The summed E-state index contributed by atoms with van der Waals surface area (Å²) in [5, 5.41) is 7.12. The van der Waals surface area contributed by atoms with Crippen LogP contribution >= 0.6 is 0 Å². The summed E-state index contributed by atoms with van der Waals surface area (Å²) < 4.78 is 16.1. The van der Waals surface area contributed by atoms with Crippen molar-refractivity contribution in [2.45, 2.75) is 51.5 Å². The molecular weight excluding hydrogens is 424 g/mol. The van der Waals surface area contributed by atoms with Gasteiger partial charge < -0.3 is 24.2 Å². The molecule has 2 amide bonds. The van der Waals surface area contributed by atoms with Gasteiger partial charge in [-0.1, -0.05) is 25.1 Å². The minimum atomic E-state index is -0.394. The van der Waals surface area contributed by atoms with E-state index in [1.807, 2.05) is 32.0 Å². The van der Waals surface area contributed by atoms with Crippen LogP contribution in [0.5, 0.6) is 11.5 Å². The molecule has 178 valence electrons. The molecule has 0 bridgehead atoms. The van der Waals surface area contributed by atoms with E-state index >= 15 is 0 Å². The molecule has 1 saturated carbocycles. The third-order valence-electron chi connectivity index (χ3n) is 6.33. The van der Waals surface area contributed by atoms with Gasteiger partial charge in [-0.2, -0.15) is 4.98 Å². The van der Waals surface area contributed by atoms with Gasteiger partial charge in [-0.25, -0.2) is 0 Å². The quantitative estimate of drug-likeness (QED) is 0.586. The van der Waals surface area contributed by atoms with Gasteiger partial charge in [0.25, 0.3) is 0 Å². The molecule has 1 aromatic heterocycles. The van der Waals surface area contributed by atoms with Crippen LogP contribution in [0.3, 0.4) is 0 Å². The molecule has 2 atom stereocenters. The second-order valence-electron chi connectivity index (χ2n) is 9.18. The molecule has 0 spiro atoms. The zero-order chi connectivity index (χ0) is 23.5. The average Bonchev–Trinajstić information content (AvgIpc) is 3.43. The zero-order valence-electron chi connectivity index (χ0n) is 19.7. The number of carbonyl (C=O) groups excluding carboxylic acids is 2. The normalized spacial score (nSPS) is 19.1. The van der Waals surface area contributed by atoms with Crippen molar-refractivity contribution in [3.63, 3.8) is 0 Å². The van der Waals surface area contributed by atoms with Crippen molar-refractivity contribution in [3.05, 3.63) is 35.5 Å². The number of aromatic nitrogens is 2. The van der Waals surface area contributed by atoms with Gasteiger partial charge in [0, 0.05) is 25.4 Å². The van der Waals surface area contributed by atoms with Crippen LogP contribution in [-0.4, -0.2) is 54.2 Å². The summed E-state index contributed by atoms with van der Waals surface area (Å²) in [6.07, 6.45) is 3.04. The van der Waals surface area contributed by atoms with Crippen LogP contribution in [0.1, 0.15) is 62.3 Å². The lowest BCUT2D eigenvalue weighted by molar-refractivity contribution is -0.129. The molecule has 0 radical (unpaired) electrons. The number of likely N-dealkylation sites (tertiary alicyclic amines) is 1. The predicted molar refractivity (Wildman–Crippen MR) is 120 cm³/mol. The summed E-state index contributed by atoms with van der Waals surface area (Å²) in [5.74, 6) is 2.41. The van der Waals surface area contributed by atoms with Gasteiger partial charge in [0.05, 0.1) is 20.1 Å². The lowest BCUT2D eigenvalue weighted by Gasteiger charge is -2.21. The largest absolute Gasteiger partial charge is 0.493 e. The molecule has 2 unspecified atom stereocenters. The maximum Gasteiger partial charge on any atom is 0.249 e. The number of hydrogen-bond donors (Lipinski definition) is 1. The molecule has 1 aliphatic carbocycles. The molecule has 2 fully saturated rings. The Kier molecular flexibility index (Phi) is 6.85. The standard InChI is InChI=1S/C24H32N4O5/c1-14(2)21(24-26-22(27-33-24)16-6-7-16)25-23(30)17-12-20(29)28(13-17)10-9-15-5-8-18(31-3)19(11-15)32-4/h5,8,11,14,16-17,21H,6-7,9-10,12-13H2,1-4H3,(H,25,30). The number of nitrogens with one attached hydrogen (secondary N) is 1. The average molecular weight is 457 g/mol. The first kappa shape index (κ1) is 23.1. The van der Waals surface area contributed by atoms with E-state index in [-0.39, 0.29) is 30.2 Å². The van der Waals surface area contributed by atoms with Crippen LogP contribution < -0.4 is 14.8 Å². The lowest BCUT2D eigenvalue weighted by Crippen LogP contribution is -2.37. The molecule has 9 heteroatoms. The van der Waals surface area contributed by atoms with Gasteiger partial charge >= 0.3 is 0 Å². The first-order valence-electron chi connectivity index (χ1n) is 11.5. The molecule has 9 nitrogen and oxygen atoms in total. The molecule has 1 aliphatic heterocycles. The second-order valence-corrected chi connectivity index (χ2v) is 9.18. The summed E-state index contributed by atoms with van der Waals surface area (Å²) in [4.78, 5) is 31.8. The van der Waals surface area contributed by atoms with Crippen LogP contribution in [-0.2, 0) is 16.0 Å². The van der Waals surface area contributed by atoms with E-state index in [0.29, 0.717) is 42.8 Å². The molecule has 2 aromatic rings. The van der Waals surface area contributed by atoms with E-state index in [4.69, 9.17) is 14.0 Å². The monoisotopic (exact) mass is 456 g/mol. The summed E-state index contributed by atoms with van der Waals surface area (Å²) in [6.45, 7) is 4.95. The van der Waals surface area contributed by atoms with Gasteiger partial charge in [-0.3, -0.25) is 9.59 Å². The minimum absolute atomic E-state index is 0.00877. The van der Waals surface area contributed by atoms with Gasteiger partial charge in [-0.15, -0.1) is 0 Å². The van der Waals surface area contributed by atoms with E-state index in [9.17, 15) is 9.59 Å². The highest BCUT2D eigenvalue weighted by molar-refractivity contribution is 5.89. The summed E-state index contributed by atoms with van der Waals surface area (Å²) >= 11 is 0. The third kappa shape index (κ3) is 5.29. The topological polar surface area (TPSA) is 107 Å². The van der Waals surface area contributed by atoms with Crippen molar-refractivity contribution in [2.24, 2.45) is 11.8 Å². The fraction of sp³-hybridized carbons (Fsp3) is 0.583. The zero-order valence-corrected chi connectivity index (χ0v) is 19.7. The molecule has 4 rings (SSSR count). The van der Waals surface area contributed by atoms with Gasteiger partial charge in [0.1, 0.15) is 6.04 Å². The number of carbonyl (C=O) groups is 2. The van der Waals surface area contributed by atoms with E-state index in [2.05, 4.69) is 15.5 Å². The first-order valence-corrected chi connectivity index (χ1v) is 11.5. The highest BCUT2D eigenvalue weighted by Crippen LogP contribution is 2.38. The fourth-order valence-electron chi connectivity index (χ4n) is 4.13. The Morgan fingerprint density at radius 1 is 1.24 bits per heavy atom. The number of amides is 2. The highest BCUT2D eigenvalue weighted by atomic mass is 16.5. The molecule has 1 saturated heterocycles. The van der Waals surface area contributed by atoms with Crippen molar-refractivity contribution in [2.75, 3.05) is 27.3 Å². The number of hydrogen-bond acceptors (Lipinski definition) is 7. The van der Waals surface area contributed by atoms with Crippen LogP contribution in [0, 0.1) is 11.8 Å². The molecule has 2 heterocycles. The Hall–Kier alpha value is -3.10. The van der Waals surface area contributed by atoms with Crippen molar-refractivity contribution in [1.82, 2.24) is 20.4 Å². The second kappa shape index (κ2) is 9.80. The van der Waals surface area contributed by atoms with Crippen LogP contribution in [0.25, 0.3) is 0 Å². The van der Waals surface area contributed by atoms with Gasteiger partial charge in [0.15, 0.2) is 17.3 Å². The number of rotatable bonds is 10. The maximum atomic E-state index is 13.0. The lowest BCUT2D eigenvalue weighted by atomic mass is 10.0. The molecule has 1 N–H and O–H groups in total. The Labute approximate surface area is 193 Å². The Morgan fingerprint density at radius 2 is 2.00 bits per heavy atom. The maximum absolute atomic E-state index is 13.0. The Morgan fingerprint density at radius 3 is 2.67 bits per heavy atom. The Bertz CT molecular complexity index is 1000. The van der Waals surface area contributed by atoms with Crippen LogP contribution in [0.15, 0.2) is 22.7 Å². The first-order chi connectivity index (χ1) is 15.9. The number of nitrogens with zero attached hydrogens (tertiary/aromatic N) is 3. The van der Waals surface area contributed by atoms with E-state index < -0.39 is 5.92 Å². The van der Waals surface area contributed by atoms with Gasteiger partial charge in [-0.05, 0) is 42.9 Å². The van der Waals surface area contributed by atoms with Crippen molar-refractivity contribution >= 4 is 11.8 Å². The third-order valence-corrected chi connectivity index (χ3v) is 6.33. The summed E-state index contributed by atoms with van der Waals surface area (Å²) in [7, 11) is 3.19. The molecule has 1 aromatic carbocycles. The number of ether oxygens (including phenoxy) is 2. The summed E-state index contributed by atoms with van der Waals surface area (Å²) in [6, 6.07) is 5.36. The van der Waals surface area contributed by atoms with Crippen LogP contribution in [0.4, 0.5) is 0 Å². The highest BCUT2D eigenvalue weighted by Gasteiger charge is 2.37. The van der Waals surface area contributed by atoms with Crippen molar-refractivity contribution < 1.29 is 23.6 Å². The predicted octanol–water partition coefficient (Wildman–Crippen LogP) is 2.87. The van der Waals surface area contributed by atoms with E-state index in [1.165, 1.54) is 0 Å².